The van der Waals surface area contributed by atoms with E-state index in [9.17, 15) is 4.79 Å². The average Bonchev–Trinajstić information content (AvgIpc) is 2.63. The van der Waals surface area contributed by atoms with E-state index in [0.717, 1.165) is 12.1 Å². The molecule has 3 N–H and O–H groups in total. The van der Waals surface area contributed by atoms with E-state index in [1.165, 1.54) is 4.68 Å². The Morgan fingerprint density at radius 3 is 3.13 bits per heavy atom. The van der Waals surface area contributed by atoms with Gasteiger partial charge in [-0.05, 0) is 13.0 Å². The molecule has 0 spiro atoms. The molecule has 0 fully saturated rings. The zero-order valence-electron chi connectivity index (χ0n) is 8.94. The molecule has 0 aliphatic heterocycles. The molecule has 84 valence electrons. The number of nitrogens with two attached hydrogens (primary N) is 1. The van der Waals surface area contributed by atoms with Crippen molar-refractivity contribution in [3.8, 4) is 0 Å². The van der Waals surface area contributed by atoms with Crippen LogP contribution in [-0.4, -0.2) is 34.0 Å². The summed E-state index contributed by atoms with van der Waals surface area (Å²) in [4.78, 5) is 11.3. The Labute approximate surface area is 88.8 Å². The quantitative estimate of drug-likeness (QED) is 0.652. The minimum Gasteiger partial charge on any atom is -0.355 e. The Balaban J connectivity index is 2.39. The van der Waals surface area contributed by atoms with E-state index < -0.39 is 0 Å². The van der Waals surface area contributed by atoms with Gasteiger partial charge in [-0.1, -0.05) is 12.1 Å². The second-order valence-corrected chi connectivity index (χ2v) is 3.30. The number of carbonyl (C=O) groups excluding carboxylic acids is 1. The van der Waals surface area contributed by atoms with Gasteiger partial charge in [-0.25, -0.2) is 4.68 Å². The topological polar surface area (TPSA) is 85.8 Å². The minimum absolute atomic E-state index is 0.0407. The van der Waals surface area contributed by atoms with E-state index in [2.05, 4.69) is 15.6 Å². The van der Waals surface area contributed by atoms with Gasteiger partial charge >= 0.3 is 0 Å². The van der Waals surface area contributed by atoms with Crippen LogP contribution < -0.4 is 11.1 Å². The molecule has 0 saturated carbocycles. The third-order valence-corrected chi connectivity index (χ3v) is 1.86. The largest absolute Gasteiger partial charge is 0.355 e. The lowest BCUT2D eigenvalue weighted by atomic mass is 10.3. The maximum atomic E-state index is 11.3. The number of amides is 1. The number of carbonyl (C=O) groups is 1. The zero-order valence-corrected chi connectivity index (χ0v) is 8.94. The highest BCUT2D eigenvalue weighted by Gasteiger charge is 2.04. The van der Waals surface area contributed by atoms with Gasteiger partial charge in [-0.2, -0.15) is 0 Å². The molecule has 1 heterocycles. The fourth-order valence-electron chi connectivity index (χ4n) is 1.15. The molecule has 6 heteroatoms. The summed E-state index contributed by atoms with van der Waals surface area (Å²) in [5.74, 6) is -0.0407. The van der Waals surface area contributed by atoms with E-state index >= 15 is 0 Å². The summed E-state index contributed by atoms with van der Waals surface area (Å²) in [5, 5.41) is 10.5. The van der Waals surface area contributed by atoms with Crippen molar-refractivity contribution in [1.82, 2.24) is 20.3 Å². The van der Waals surface area contributed by atoms with E-state index in [1.54, 1.807) is 6.20 Å². The highest BCUT2D eigenvalue weighted by Crippen LogP contribution is 1.92. The van der Waals surface area contributed by atoms with Crippen molar-refractivity contribution in [2.75, 3.05) is 13.1 Å². The van der Waals surface area contributed by atoms with E-state index in [0.29, 0.717) is 19.5 Å². The van der Waals surface area contributed by atoms with Crippen molar-refractivity contribution in [3.63, 3.8) is 0 Å². The molecule has 0 bridgehead atoms. The lowest BCUT2D eigenvalue weighted by Crippen LogP contribution is -2.28. The number of rotatable bonds is 6. The summed E-state index contributed by atoms with van der Waals surface area (Å²) in [6.07, 6.45) is 3.37. The molecule has 0 unspecified atom stereocenters. The number of nitrogens with one attached hydrogen (secondary N) is 1. The van der Waals surface area contributed by atoms with Gasteiger partial charge in [0.15, 0.2) is 0 Å². The summed E-state index contributed by atoms with van der Waals surface area (Å²) in [6, 6.07) is 0. The molecule has 1 aromatic heterocycles. The molecule has 1 aromatic rings. The number of hydrogen-bond acceptors (Lipinski definition) is 4. The SMILES string of the molecule is CCCNC(=O)Cn1cc(CCN)nn1. The molecule has 0 aliphatic rings. The first kappa shape index (κ1) is 11.6. The fourth-order valence-corrected chi connectivity index (χ4v) is 1.15. The Kier molecular flexibility index (Phi) is 4.76. The Bertz CT molecular complexity index is 309. The molecular weight excluding hydrogens is 194 g/mol. The van der Waals surface area contributed by atoms with E-state index in [4.69, 9.17) is 5.73 Å². The van der Waals surface area contributed by atoms with Gasteiger partial charge in [0, 0.05) is 19.2 Å². The molecule has 0 saturated heterocycles. The summed E-state index contributed by atoms with van der Waals surface area (Å²) in [6.45, 7) is 3.47. The standard InChI is InChI=1S/C9H17N5O/c1-2-5-11-9(15)7-14-6-8(3-4-10)12-13-14/h6H,2-5,7,10H2,1H3,(H,11,15). The maximum Gasteiger partial charge on any atom is 0.241 e. The Morgan fingerprint density at radius 2 is 2.47 bits per heavy atom. The van der Waals surface area contributed by atoms with Crippen LogP contribution in [0.25, 0.3) is 0 Å². The van der Waals surface area contributed by atoms with Crippen LogP contribution in [0.3, 0.4) is 0 Å². The van der Waals surface area contributed by atoms with E-state index in [-0.39, 0.29) is 12.5 Å². The van der Waals surface area contributed by atoms with Crippen LogP contribution in [-0.2, 0) is 17.8 Å². The molecular formula is C9H17N5O. The van der Waals surface area contributed by atoms with Gasteiger partial charge in [-0.3, -0.25) is 4.79 Å². The van der Waals surface area contributed by atoms with Gasteiger partial charge in [0.1, 0.15) is 6.54 Å². The van der Waals surface area contributed by atoms with Gasteiger partial charge in [0.25, 0.3) is 0 Å². The van der Waals surface area contributed by atoms with Crippen molar-refractivity contribution in [2.24, 2.45) is 5.73 Å². The Morgan fingerprint density at radius 1 is 1.67 bits per heavy atom. The van der Waals surface area contributed by atoms with Crippen molar-refractivity contribution in [2.45, 2.75) is 26.3 Å². The molecule has 0 aromatic carbocycles. The molecule has 1 rings (SSSR count). The lowest BCUT2D eigenvalue weighted by Gasteiger charge is -2.01. The normalized spacial score (nSPS) is 10.3. The second-order valence-electron chi connectivity index (χ2n) is 3.30. The van der Waals surface area contributed by atoms with Crippen molar-refractivity contribution in [3.05, 3.63) is 11.9 Å². The third kappa shape index (κ3) is 4.07. The van der Waals surface area contributed by atoms with Crippen LogP contribution in [0, 0.1) is 0 Å². The third-order valence-electron chi connectivity index (χ3n) is 1.86. The summed E-state index contributed by atoms with van der Waals surface area (Å²) < 4.78 is 1.52. The molecule has 1 amide bonds. The molecule has 6 nitrogen and oxygen atoms in total. The predicted molar refractivity (Wildman–Crippen MR) is 56.1 cm³/mol. The fraction of sp³-hybridized carbons (Fsp3) is 0.667. The minimum atomic E-state index is -0.0407. The van der Waals surface area contributed by atoms with Crippen LogP contribution in [0.15, 0.2) is 6.20 Å². The lowest BCUT2D eigenvalue weighted by molar-refractivity contribution is -0.121. The summed E-state index contributed by atoms with van der Waals surface area (Å²) in [7, 11) is 0. The Hall–Kier alpha value is -1.43. The highest BCUT2D eigenvalue weighted by atomic mass is 16.2. The van der Waals surface area contributed by atoms with E-state index in [1.807, 2.05) is 6.92 Å². The number of nitrogens with zero attached hydrogens (tertiary/aromatic N) is 3. The maximum absolute atomic E-state index is 11.3. The molecule has 0 radical (unpaired) electrons. The highest BCUT2D eigenvalue weighted by molar-refractivity contribution is 5.75. The van der Waals surface area contributed by atoms with Gasteiger partial charge in [0.05, 0.1) is 5.69 Å². The first-order valence-electron chi connectivity index (χ1n) is 5.12. The second kappa shape index (κ2) is 6.13. The molecule has 0 aliphatic carbocycles. The van der Waals surface area contributed by atoms with Crippen LogP contribution in [0.1, 0.15) is 19.0 Å². The zero-order chi connectivity index (χ0) is 11.1. The molecule has 15 heavy (non-hydrogen) atoms. The van der Waals surface area contributed by atoms with Gasteiger partial charge in [-0.15, -0.1) is 5.10 Å². The van der Waals surface area contributed by atoms with Crippen LogP contribution in [0.2, 0.25) is 0 Å². The monoisotopic (exact) mass is 211 g/mol. The van der Waals surface area contributed by atoms with Crippen LogP contribution in [0.5, 0.6) is 0 Å². The first-order chi connectivity index (χ1) is 7.26. The van der Waals surface area contributed by atoms with Crippen molar-refractivity contribution in [1.29, 1.82) is 0 Å². The van der Waals surface area contributed by atoms with Crippen LogP contribution >= 0.6 is 0 Å². The average molecular weight is 211 g/mol. The van der Waals surface area contributed by atoms with Crippen molar-refractivity contribution < 1.29 is 4.79 Å². The smallest absolute Gasteiger partial charge is 0.241 e. The predicted octanol–water partition coefficient (Wildman–Crippen LogP) is -0.694. The summed E-state index contributed by atoms with van der Waals surface area (Å²) >= 11 is 0. The van der Waals surface area contributed by atoms with Gasteiger partial charge in [0.2, 0.25) is 5.91 Å². The van der Waals surface area contributed by atoms with Crippen LogP contribution in [0.4, 0.5) is 0 Å². The number of hydrogen-bond donors (Lipinski definition) is 2. The first-order valence-corrected chi connectivity index (χ1v) is 5.12. The summed E-state index contributed by atoms with van der Waals surface area (Å²) in [5.41, 5.74) is 6.20. The number of aromatic nitrogens is 3. The van der Waals surface area contributed by atoms with Crippen molar-refractivity contribution >= 4 is 5.91 Å². The molecule has 0 atom stereocenters. The van der Waals surface area contributed by atoms with Gasteiger partial charge < -0.3 is 11.1 Å².